The van der Waals surface area contributed by atoms with Gasteiger partial charge in [0.15, 0.2) is 0 Å². The first-order valence-electron chi connectivity index (χ1n) is 6.45. The summed E-state index contributed by atoms with van der Waals surface area (Å²) in [6.07, 6.45) is 1.08. The van der Waals surface area contributed by atoms with Gasteiger partial charge in [0.1, 0.15) is 0 Å². The van der Waals surface area contributed by atoms with Crippen molar-refractivity contribution < 1.29 is 0 Å². The van der Waals surface area contributed by atoms with Gasteiger partial charge in [0.25, 0.3) is 0 Å². The summed E-state index contributed by atoms with van der Waals surface area (Å²) in [6, 6.07) is 23.8. The first-order chi connectivity index (χ1) is 8.88. The van der Waals surface area contributed by atoms with Crippen LogP contribution in [0.3, 0.4) is 0 Å². The summed E-state index contributed by atoms with van der Waals surface area (Å²) in [5, 5.41) is 2.70. The first kappa shape index (κ1) is 13.3. The number of benzene rings is 3. The molecule has 3 N–H and O–H groups in total. The highest BCUT2D eigenvalue weighted by molar-refractivity contribution is 5.90. The maximum absolute atomic E-state index is 2.31. The predicted molar refractivity (Wildman–Crippen MR) is 83.8 cm³/mol. The van der Waals surface area contributed by atoms with Gasteiger partial charge in [-0.2, -0.15) is 0 Å². The Morgan fingerprint density at radius 3 is 2.26 bits per heavy atom. The third-order valence-corrected chi connectivity index (χ3v) is 3.46. The van der Waals surface area contributed by atoms with Crippen LogP contribution in [0.4, 0.5) is 0 Å². The van der Waals surface area contributed by atoms with E-state index in [1.165, 1.54) is 27.5 Å². The highest BCUT2D eigenvalue weighted by Gasteiger charge is 2.02. The molecular formula is C18H19N. The molecule has 0 unspecified atom stereocenters. The maximum atomic E-state index is 2.31. The Kier molecular flexibility index (Phi) is 3.98. The average molecular weight is 249 g/mol. The van der Waals surface area contributed by atoms with Crippen molar-refractivity contribution in [3.05, 3.63) is 72.3 Å². The smallest absolute Gasteiger partial charge is 0.0146 e. The van der Waals surface area contributed by atoms with E-state index >= 15 is 0 Å². The van der Waals surface area contributed by atoms with Crippen molar-refractivity contribution in [2.75, 3.05) is 0 Å². The van der Waals surface area contributed by atoms with Gasteiger partial charge in [0.2, 0.25) is 0 Å². The zero-order valence-electron chi connectivity index (χ0n) is 11.3. The lowest BCUT2D eigenvalue weighted by atomic mass is 9.97. The molecule has 0 spiro atoms. The number of fused-ring (bicyclic) bond motifs is 1. The van der Waals surface area contributed by atoms with Gasteiger partial charge in [0, 0.05) is 0 Å². The molecule has 1 nitrogen and oxygen atoms in total. The topological polar surface area (TPSA) is 35.0 Å². The van der Waals surface area contributed by atoms with Gasteiger partial charge in [-0.15, -0.1) is 0 Å². The molecular weight excluding hydrogens is 230 g/mol. The zero-order chi connectivity index (χ0) is 12.4. The molecule has 0 bridgehead atoms. The Balaban J connectivity index is 0.00000133. The molecule has 0 aromatic heterocycles. The van der Waals surface area contributed by atoms with Crippen LogP contribution in [0.1, 0.15) is 12.5 Å². The first-order valence-corrected chi connectivity index (χ1v) is 6.45. The normalized spacial score (nSPS) is 10.2. The van der Waals surface area contributed by atoms with Gasteiger partial charge < -0.3 is 6.15 Å². The molecule has 0 saturated heterocycles. The van der Waals surface area contributed by atoms with E-state index < -0.39 is 0 Å². The van der Waals surface area contributed by atoms with Crippen molar-refractivity contribution in [1.82, 2.24) is 6.15 Å². The van der Waals surface area contributed by atoms with Crippen LogP contribution < -0.4 is 6.15 Å². The van der Waals surface area contributed by atoms with Crippen LogP contribution in [0.2, 0.25) is 0 Å². The minimum absolute atomic E-state index is 0. The molecule has 19 heavy (non-hydrogen) atoms. The summed E-state index contributed by atoms with van der Waals surface area (Å²) >= 11 is 0. The molecule has 0 saturated carbocycles. The Morgan fingerprint density at radius 1 is 0.737 bits per heavy atom. The quantitative estimate of drug-likeness (QED) is 0.663. The predicted octanol–water partition coefficient (Wildman–Crippen LogP) is 5.23. The Bertz CT molecular complexity index is 672. The monoisotopic (exact) mass is 249 g/mol. The second-order valence-corrected chi connectivity index (χ2v) is 4.57. The fourth-order valence-corrected chi connectivity index (χ4v) is 2.46. The van der Waals surface area contributed by atoms with E-state index in [4.69, 9.17) is 0 Å². The average Bonchev–Trinajstić information content (AvgIpc) is 2.47. The van der Waals surface area contributed by atoms with Gasteiger partial charge in [-0.1, -0.05) is 67.6 Å². The van der Waals surface area contributed by atoms with Crippen molar-refractivity contribution in [3.8, 4) is 11.1 Å². The molecule has 0 heterocycles. The van der Waals surface area contributed by atoms with Crippen molar-refractivity contribution in [3.63, 3.8) is 0 Å². The number of rotatable bonds is 2. The van der Waals surface area contributed by atoms with Gasteiger partial charge in [-0.05, 0) is 39.9 Å². The summed E-state index contributed by atoms with van der Waals surface area (Å²) < 4.78 is 0. The maximum Gasteiger partial charge on any atom is -0.0146 e. The summed E-state index contributed by atoms with van der Waals surface area (Å²) in [7, 11) is 0. The van der Waals surface area contributed by atoms with Crippen molar-refractivity contribution in [1.29, 1.82) is 0 Å². The second kappa shape index (κ2) is 5.68. The van der Waals surface area contributed by atoms with Crippen molar-refractivity contribution in [2.45, 2.75) is 13.3 Å². The number of aryl methyl sites for hydroxylation is 1. The highest BCUT2D eigenvalue weighted by Crippen LogP contribution is 2.26. The standard InChI is InChI=1S/C18H16.H3N/c1-2-14-9-6-10-16-11-12-17(13-18(14)16)15-7-4-3-5-8-15;/h3-13H,2H2,1H3;1H3. The Morgan fingerprint density at radius 2 is 1.53 bits per heavy atom. The van der Waals surface area contributed by atoms with E-state index in [0.717, 1.165) is 6.42 Å². The minimum atomic E-state index is 0. The molecule has 0 amide bonds. The summed E-state index contributed by atoms with van der Waals surface area (Å²) in [6.45, 7) is 2.21. The molecule has 0 aliphatic rings. The summed E-state index contributed by atoms with van der Waals surface area (Å²) in [5.74, 6) is 0. The van der Waals surface area contributed by atoms with E-state index in [0.29, 0.717) is 0 Å². The molecule has 0 radical (unpaired) electrons. The molecule has 1 heteroatoms. The molecule has 0 atom stereocenters. The third kappa shape index (κ3) is 2.51. The van der Waals surface area contributed by atoms with Crippen molar-refractivity contribution in [2.24, 2.45) is 0 Å². The summed E-state index contributed by atoms with van der Waals surface area (Å²) in [4.78, 5) is 0. The van der Waals surface area contributed by atoms with E-state index in [1.54, 1.807) is 0 Å². The van der Waals surface area contributed by atoms with Crippen LogP contribution in [-0.4, -0.2) is 0 Å². The minimum Gasteiger partial charge on any atom is -0.344 e. The fraction of sp³-hybridized carbons (Fsp3) is 0.111. The van der Waals surface area contributed by atoms with E-state index in [9.17, 15) is 0 Å². The second-order valence-electron chi connectivity index (χ2n) is 4.57. The molecule has 0 aliphatic carbocycles. The molecule has 0 fully saturated rings. The van der Waals surface area contributed by atoms with Crippen LogP contribution in [-0.2, 0) is 6.42 Å². The molecule has 3 aromatic carbocycles. The highest BCUT2D eigenvalue weighted by atomic mass is 14.1. The van der Waals surface area contributed by atoms with Gasteiger partial charge in [-0.3, -0.25) is 0 Å². The lowest BCUT2D eigenvalue weighted by Gasteiger charge is -2.07. The van der Waals surface area contributed by atoms with Crippen LogP contribution in [0.25, 0.3) is 21.9 Å². The Hall–Kier alpha value is -2.12. The molecule has 0 aliphatic heterocycles. The lowest BCUT2D eigenvalue weighted by molar-refractivity contribution is 1.16. The Labute approximate surface area is 114 Å². The van der Waals surface area contributed by atoms with Gasteiger partial charge >= 0.3 is 0 Å². The van der Waals surface area contributed by atoms with E-state index in [-0.39, 0.29) is 6.15 Å². The van der Waals surface area contributed by atoms with Crippen LogP contribution in [0.5, 0.6) is 0 Å². The fourth-order valence-electron chi connectivity index (χ4n) is 2.46. The van der Waals surface area contributed by atoms with Gasteiger partial charge in [0.05, 0.1) is 0 Å². The lowest BCUT2D eigenvalue weighted by Crippen LogP contribution is -1.85. The third-order valence-electron chi connectivity index (χ3n) is 3.46. The SMILES string of the molecule is CCc1cccc2ccc(-c3ccccc3)cc12.N. The van der Waals surface area contributed by atoms with E-state index in [1.807, 2.05) is 0 Å². The zero-order valence-corrected chi connectivity index (χ0v) is 11.3. The van der Waals surface area contributed by atoms with Crippen LogP contribution in [0, 0.1) is 0 Å². The van der Waals surface area contributed by atoms with Crippen LogP contribution in [0.15, 0.2) is 66.7 Å². The largest absolute Gasteiger partial charge is 0.344 e. The molecule has 96 valence electrons. The molecule has 3 rings (SSSR count). The summed E-state index contributed by atoms with van der Waals surface area (Å²) in [5.41, 5.74) is 4.00. The number of hydrogen-bond donors (Lipinski definition) is 1. The number of hydrogen-bond acceptors (Lipinski definition) is 1. The van der Waals surface area contributed by atoms with Gasteiger partial charge in [-0.25, -0.2) is 0 Å². The van der Waals surface area contributed by atoms with Crippen molar-refractivity contribution >= 4 is 10.8 Å². The van der Waals surface area contributed by atoms with E-state index in [2.05, 4.69) is 73.7 Å². The van der Waals surface area contributed by atoms with Crippen LogP contribution >= 0.6 is 0 Å². The molecule has 3 aromatic rings.